The Labute approximate surface area is 170 Å². The molecule has 1 atom stereocenters. The van der Waals surface area contributed by atoms with Crippen molar-refractivity contribution < 1.29 is 18.0 Å². The van der Waals surface area contributed by atoms with Gasteiger partial charge in [0.15, 0.2) is 11.6 Å². The highest BCUT2D eigenvalue weighted by atomic mass is 19.4. The first kappa shape index (κ1) is 19.8. The predicted octanol–water partition coefficient (Wildman–Crippen LogP) is 3.59. The number of benzene rings is 1. The molecule has 0 radical (unpaired) electrons. The number of hydrogen-bond acceptors (Lipinski definition) is 5. The van der Waals surface area contributed by atoms with Crippen molar-refractivity contribution in [2.75, 3.05) is 18.0 Å². The zero-order chi connectivity index (χ0) is 21.3. The van der Waals surface area contributed by atoms with Crippen molar-refractivity contribution in [2.24, 2.45) is 0 Å². The smallest absolute Gasteiger partial charge is 0.353 e. The molecule has 1 N–H and O–H groups in total. The van der Waals surface area contributed by atoms with Gasteiger partial charge in [-0.05, 0) is 36.8 Å². The maximum absolute atomic E-state index is 12.9. The molecule has 1 aromatic carbocycles. The third-order valence-corrected chi connectivity index (χ3v) is 4.93. The van der Waals surface area contributed by atoms with E-state index in [2.05, 4.69) is 26.8 Å². The van der Waals surface area contributed by atoms with E-state index < -0.39 is 11.7 Å². The topological polar surface area (TPSA) is 71.0 Å². The largest absolute Gasteiger partial charge is 0.416 e. The van der Waals surface area contributed by atoms with Crippen LogP contribution in [0.2, 0.25) is 0 Å². The number of carbonyl (C=O) groups excluding carboxylic acids is 1. The number of carbonyl (C=O) groups is 1. The fourth-order valence-electron chi connectivity index (χ4n) is 3.44. The molecule has 154 valence electrons. The summed E-state index contributed by atoms with van der Waals surface area (Å²) in [7, 11) is 0. The van der Waals surface area contributed by atoms with E-state index in [1.54, 1.807) is 18.3 Å². The molecule has 1 saturated heterocycles. The summed E-state index contributed by atoms with van der Waals surface area (Å²) in [5, 5.41) is 2.87. The minimum Gasteiger partial charge on any atom is -0.353 e. The zero-order valence-corrected chi connectivity index (χ0v) is 15.9. The molecule has 1 aliphatic heterocycles. The lowest BCUT2D eigenvalue weighted by molar-refractivity contribution is -0.137. The lowest BCUT2D eigenvalue weighted by Crippen LogP contribution is -2.36. The molecule has 1 fully saturated rings. The van der Waals surface area contributed by atoms with E-state index in [-0.39, 0.29) is 11.9 Å². The van der Waals surface area contributed by atoms with Gasteiger partial charge in [-0.2, -0.15) is 13.2 Å². The molecule has 2 aromatic heterocycles. The van der Waals surface area contributed by atoms with Crippen LogP contribution in [0.15, 0.2) is 55.3 Å². The van der Waals surface area contributed by atoms with Gasteiger partial charge < -0.3 is 10.2 Å². The second-order valence-corrected chi connectivity index (χ2v) is 6.96. The summed E-state index contributed by atoms with van der Waals surface area (Å²) in [5.74, 6) is 0.668. The molecule has 0 aliphatic carbocycles. The highest BCUT2D eigenvalue weighted by Crippen LogP contribution is 2.32. The van der Waals surface area contributed by atoms with Crippen LogP contribution in [-0.2, 0) is 11.0 Å². The molecule has 9 heteroatoms. The van der Waals surface area contributed by atoms with Crippen molar-refractivity contribution in [3.8, 4) is 11.4 Å². The predicted molar refractivity (Wildman–Crippen MR) is 107 cm³/mol. The van der Waals surface area contributed by atoms with Crippen LogP contribution >= 0.6 is 0 Å². The van der Waals surface area contributed by atoms with Gasteiger partial charge in [-0.25, -0.2) is 9.97 Å². The van der Waals surface area contributed by atoms with Gasteiger partial charge in [0.2, 0.25) is 5.91 Å². The first-order valence-corrected chi connectivity index (χ1v) is 9.33. The number of alkyl halides is 3. The molecule has 0 spiro atoms. The molecule has 4 rings (SSSR count). The number of pyridine rings is 1. The number of halogens is 3. The summed E-state index contributed by atoms with van der Waals surface area (Å²) in [6.45, 7) is 4.65. The van der Waals surface area contributed by atoms with Crippen molar-refractivity contribution in [3.63, 3.8) is 0 Å². The van der Waals surface area contributed by atoms with Crippen molar-refractivity contribution in [1.82, 2.24) is 20.3 Å². The molecular weight excluding hydrogens is 395 g/mol. The minimum atomic E-state index is -4.40. The van der Waals surface area contributed by atoms with Gasteiger partial charge in [-0.15, -0.1) is 0 Å². The highest BCUT2D eigenvalue weighted by Gasteiger charge is 2.30. The van der Waals surface area contributed by atoms with Crippen molar-refractivity contribution in [1.29, 1.82) is 0 Å². The number of aromatic nitrogens is 3. The SMILES string of the molecule is C=CC(=O)NC1CCN(c2nc(-c3ccc(C(F)(F)F)cc3)nc3cccnc23)C1. The summed E-state index contributed by atoms with van der Waals surface area (Å²) < 4.78 is 38.6. The fraction of sp³-hybridized carbons (Fsp3) is 0.238. The van der Waals surface area contributed by atoms with E-state index in [4.69, 9.17) is 0 Å². The van der Waals surface area contributed by atoms with E-state index in [1.165, 1.54) is 18.2 Å². The van der Waals surface area contributed by atoms with Gasteiger partial charge in [0.1, 0.15) is 5.52 Å². The van der Waals surface area contributed by atoms with Crippen molar-refractivity contribution >= 4 is 22.8 Å². The third kappa shape index (κ3) is 3.96. The van der Waals surface area contributed by atoms with Crippen LogP contribution in [-0.4, -0.2) is 40.0 Å². The number of nitrogens with zero attached hydrogens (tertiary/aromatic N) is 4. The molecular formula is C21H18F3N5O. The van der Waals surface area contributed by atoms with Crippen LogP contribution in [0.25, 0.3) is 22.4 Å². The van der Waals surface area contributed by atoms with Gasteiger partial charge in [-0.3, -0.25) is 9.78 Å². The first-order chi connectivity index (χ1) is 14.3. The normalized spacial score (nSPS) is 16.6. The van der Waals surface area contributed by atoms with Gasteiger partial charge in [0.05, 0.1) is 11.1 Å². The fourth-order valence-corrected chi connectivity index (χ4v) is 3.44. The molecule has 3 aromatic rings. The number of anilines is 1. The van der Waals surface area contributed by atoms with Crippen LogP contribution in [0, 0.1) is 0 Å². The Balaban J connectivity index is 1.70. The van der Waals surface area contributed by atoms with Crippen molar-refractivity contribution in [3.05, 3.63) is 60.8 Å². The summed E-state index contributed by atoms with van der Waals surface area (Å²) in [4.78, 5) is 27.1. The number of hydrogen-bond donors (Lipinski definition) is 1. The van der Waals surface area contributed by atoms with Crippen LogP contribution in [0.5, 0.6) is 0 Å². The van der Waals surface area contributed by atoms with E-state index in [0.29, 0.717) is 41.3 Å². The quantitative estimate of drug-likeness (QED) is 0.662. The summed E-state index contributed by atoms with van der Waals surface area (Å²) in [6, 6.07) is 8.23. The highest BCUT2D eigenvalue weighted by molar-refractivity contribution is 5.88. The van der Waals surface area contributed by atoms with Crippen LogP contribution < -0.4 is 10.2 Å². The lowest BCUT2D eigenvalue weighted by atomic mass is 10.1. The Hall–Kier alpha value is -3.49. The monoisotopic (exact) mass is 413 g/mol. The lowest BCUT2D eigenvalue weighted by Gasteiger charge is -2.20. The number of nitrogens with one attached hydrogen (secondary N) is 1. The molecule has 30 heavy (non-hydrogen) atoms. The number of fused-ring (bicyclic) bond motifs is 1. The second-order valence-electron chi connectivity index (χ2n) is 6.96. The third-order valence-electron chi connectivity index (χ3n) is 4.93. The molecule has 1 aliphatic rings. The summed E-state index contributed by atoms with van der Waals surface area (Å²) in [5.41, 5.74) is 0.944. The van der Waals surface area contributed by atoms with Crippen LogP contribution in [0.1, 0.15) is 12.0 Å². The molecule has 1 unspecified atom stereocenters. The molecule has 0 bridgehead atoms. The van der Waals surface area contributed by atoms with Crippen LogP contribution in [0.3, 0.4) is 0 Å². The van der Waals surface area contributed by atoms with E-state index in [0.717, 1.165) is 18.6 Å². The Kier molecular flexibility index (Phi) is 5.11. The maximum Gasteiger partial charge on any atom is 0.416 e. The Morgan fingerprint density at radius 2 is 1.97 bits per heavy atom. The molecule has 1 amide bonds. The van der Waals surface area contributed by atoms with Gasteiger partial charge in [0.25, 0.3) is 0 Å². The second kappa shape index (κ2) is 7.74. The Morgan fingerprint density at radius 1 is 1.20 bits per heavy atom. The Bertz CT molecular complexity index is 1100. The minimum absolute atomic E-state index is 0.0567. The average molecular weight is 413 g/mol. The van der Waals surface area contributed by atoms with Gasteiger partial charge >= 0.3 is 6.18 Å². The van der Waals surface area contributed by atoms with E-state index >= 15 is 0 Å². The van der Waals surface area contributed by atoms with Crippen LogP contribution in [0.4, 0.5) is 19.0 Å². The van der Waals surface area contributed by atoms with Gasteiger partial charge in [0, 0.05) is 30.9 Å². The maximum atomic E-state index is 12.9. The Morgan fingerprint density at radius 3 is 2.67 bits per heavy atom. The molecule has 0 saturated carbocycles. The van der Waals surface area contributed by atoms with E-state index in [1.807, 2.05) is 4.90 Å². The first-order valence-electron chi connectivity index (χ1n) is 9.33. The number of amides is 1. The zero-order valence-electron chi connectivity index (χ0n) is 15.9. The number of rotatable bonds is 4. The summed E-state index contributed by atoms with van der Waals surface area (Å²) in [6.07, 6.45) is -0.807. The molecule has 6 nitrogen and oxygen atoms in total. The summed E-state index contributed by atoms with van der Waals surface area (Å²) >= 11 is 0. The van der Waals surface area contributed by atoms with Crippen molar-refractivity contribution in [2.45, 2.75) is 18.6 Å². The average Bonchev–Trinajstić information content (AvgIpc) is 3.20. The van der Waals surface area contributed by atoms with Gasteiger partial charge in [-0.1, -0.05) is 18.7 Å². The standard InChI is InChI=1S/C21H18F3N5O/c1-2-17(30)26-15-9-11-29(12-15)20-18-16(4-3-10-25-18)27-19(28-20)13-5-7-14(8-6-13)21(22,23)24/h2-8,10,15H,1,9,11-12H2,(H,26,30). The molecule has 3 heterocycles. The van der Waals surface area contributed by atoms with E-state index in [9.17, 15) is 18.0 Å².